The number of carboxylic acid groups (broad SMARTS) is 1. The van der Waals surface area contributed by atoms with E-state index in [4.69, 9.17) is 5.11 Å². The van der Waals surface area contributed by atoms with E-state index in [0.29, 0.717) is 19.5 Å². The highest BCUT2D eigenvalue weighted by atomic mass is 16.5. The van der Waals surface area contributed by atoms with Gasteiger partial charge in [-0.15, -0.1) is 0 Å². The molecule has 0 spiro atoms. The summed E-state index contributed by atoms with van der Waals surface area (Å²) in [5, 5.41) is 21.1. The second-order valence-corrected chi connectivity index (χ2v) is 4.66. The summed E-state index contributed by atoms with van der Waals surface area (Å²) in [5.41, 5.74) is 0. The Morgan fingerprint density at radius 2 is 2.17 bits per heavy atom. The van der Waals surface area contributed by atoms with Gasteiger partial charge in [0.15, 0.2) is 0 Å². The van der Waals surface area contributed by atoms with Crippen LogP contribution in [-0.4, -0.2) is 66.1 Å². The Balaban J connectivity index is 2.61. The van der Waals surface area contributed by atoms with E-state index >= 15 is 0 Å². The number of aliphatic hydroxyl groups excluding tert-OH is 1. The van der Waals surface area contributed by atoms with Crippen LogP contribution in [0.2, 0.25) is 0 Å². The number of amides is 1. The molecular weight excluding hydrogens is 240 g/mol. The summed E-state index contributed by atoms with van der Waals surface area (Å²) in [7, 11) is 1.28. The fraction of sp³-hybridized carbons (Fsp3) is 0.818. The lowest BCUT2D eigenvalue weighted by Crippen LogP contribution is -2.53. The number of nitrogens with one attached hydrogen (secondary N) is 1. The molecule has 104 valence electrons. The van der Waals surface area contributed by atoms with Crippen LogP contribution in [0, 0.1) is 5.92 Å². The number of carbonyl (C=O) groups is 2. The summed E-state index contributed by atoms with van der Waals surface area (Å²) >= 11 is 0. The van der Waals surface area contributed by atoms with Crippen LogP contribution in [0.1, 0.15) is 13.3 Å². The maximum Gasteiger partial charge on any atom is 0.407 e. The monoisotopic (exact) mass is 260 g/mol. The van der Waals surface area contributed by atoms with Crippen molar-refractivity contribution >= 4 is 12.1 Å². The molecule has 0 bridgehead atoms. The van der Waals surface area contributed by atoms with Gasteiger partial charge in [-0.1, -0.05) is 0 Å². The Labute approximate surface area is 106 Å². The number of aliphatic hydroxyl groups is 1. The first-order valence-electron chi connectivity index (χ1n) is 5.89. The van der Waals surface area contributed by atoms with Gasteiger partial charge in [0.2, 0.25) is 0 Å². The Morgan fingerprint density at radius 3 is 2.67 bits per heavy atom. The molecule has 1 aliphatic rings. The first kappa shape index (κ1) is 14.7. The smallest absolute Gasteiger partial charge is 0.407 e. The van der Waals surface area contributed by atoms with Crippen LogP contribution in [0.25, 0.3) is 0 Å². The van der Waals surface area contributed by atoms with Crippen LogP contribution in [0.3, 0.4) is 0 Å². The molecule has 0 saturated carbocycles. The zero-order valence-corrected chi connectivity index (χ0v) is 10.6. The van der Waals surface area contributed by atoms with Crippen LogP contribution in [0.15, 0.2) is 0 Å². The van der Waals surface area contributed by atoms with Crippen molar-refractivity contribution < 1.29 is 24.5 Å². The molecule has 1 fully saturated rings. The lowest BCUT2D eigenvalue weighted by molar-refractivity contribution is -0.139. The summed E-state index contributed by atoms with van der Waals surface area (Å²) in [6, 6.07) is -0.204. The maximum atomic E-state index is 11.2. The summed E-state index contributed by atoms with van der Waals surface area (Å²) < 4.78 is 4.52. The summed E-state index contributed by atoms with van der Waals surface area (Å²) in [5.74, 6) is -0.974. The number of aliphatic carboxylic acids is 1. The van der Waals surface area contributed by atoms with Gasteiger partial charge in [-0.2, -0.15) is 0 Å². The number of hydrogen-bond donors (Lipinski definition) is 3. The highest BCUT2D eigenvalue weighted by Gasteiger charge is 2.31. The van der Waals surface area contributed by atoms with E-state index in [1.165, 1.54) is 7.11 Å². The molecule has 1 saturated heterocycles. The minimum absolute atomic E-state index is 0.0553. The van der Waals surface area contributed by atoms with Crippen LogP contribution in [-0.2, 0) is 9.53 Å². The van der Waals surface area contributed by atoms with Crippen molar-refractivity contribution in [2.45, 2.75) is 25.5 Å². The zero-order valence-electron chi connectivity index (χ0n) is 10.6. The third-order valence-corrected chi connectivity index (χ3v) is 3.11. The third-order valence-electron chi connectivity index (χ3n) is 3.11. The number of alkyl carbamates (subject to hydrolysis) is 1. The van der Waals surface area contributed by atoms with E-state index in [1.807, 2.05) is 0 Å². The Bertz CT molecular complexity index is 308. The van der Waals surface area contributed by atoms with Gasteiger partial charge < -0.3 is 20.3 Å². The Hall–Kier alpha value is -1.34. The number of piperidine rings is 1. The van der Waals surface area contributed by atoms with Gasteiger partial charge in [-0.25, -0.2) is 4.79 Å². The third kappa shape index (κ3) is 4.50. The van der Waals surface area contributed by atoms with Crippen molar-refractivity contribution in [1.82, 2.24) is 10.2 Å². The van der Waals surface area contributed by atoms with Crippen molar-refractivity contribution in [3.05, 3.63) is 0 Å². The number of nitrogens with zero attached hydrogens (tertiary/aromatic N) is 1. The minimum atomic E-state index is -0.918. The quantitative estimate of drug-likeness (QED) is 0.630. The van der Waals surface area contributed by atoms with Crippen molar-refractivity contribution in [2.24, 2.45) is 5.92 Å². The molecule has 3 N–H and O–H groups in total. The van der Waals surface area contributed by atoms with Gasteiger partial charge in [-0.05, 0) is 19.3 Å². The minimum Gasteiger partial charge on any atom is -0.480 e. The number of hydrogen-bond acceptors (Lipinski definition) is 5. The van der Waals surface area contributed by atoms with Crippen LogP contribution in [0.5, 0.6) is 0 Å². The summed E-state index contributed by atoms with van der Waals surface area (Å²) in [4.78, 5) is 23.6. The van der Waals surface area contributed by atoms with E-state index in [9.17, 15) is 14.7 Å². The van der Waals surface area contributed by atoms with E-state index in [-0.39, 0.29) is 18.5 Å². The molecular formula is C11H20N2O5. The predicted molar refractivity (Wildman–Crippen MR) is 63.2 cm³/mol. The molecule has 1 heterocycles. The lowest BCUT2D eigenvalue weighted by atomic mass is 9.90. The molecule has 0 radical (unpaired) electrons. The molecule has 7 heteroatoms. The first-order chi connectivity index (χ1) is 8.42. The van der Waals surface area contributed by atoms with E-state index in [0.717, 1.165) is 0 Å². The zero-order chi connectivity index (χ0) is 13.7. The SMILES string of the molecule is COC(=O)NC1CC(C(C)O)CN(CC(=O)O)C1. The van der Waals surface area contributed by atoms with Crippen LogP contribution >= 0.6 is 0 Å². The molecule has 3 unspecified atom stereocenters. The average molecular weight is 260 g/mol. The molecule has 3 atom stereocenters. The molecule has 1 aliphatic heterocycles. The summed E-state index contributed by atoms with van der Waals surface area (Å²) in [6.45, 7) is 2.54. The van der Waals surface area contributed by atoms with Crippen LogP contribution in [0.4, 0.5) is 4.79 Å². The molecule has 0 aromatic heterocycles. The van der Waals surface area contributed by atoms with E-state index in [2.05, 4.69) is 10.1 Å². The summed E-state index contributed by atoms with van der Waals surface area (Å²) in [6.07, 6.45) is -0.465. The Morgan fingerprint density at radius 1 is 1.50 bits per heavy atom. The number of rotatable bonds is 4. The normalized spacial score (nSPS) is 26.4. The molecule has 1 rings (SSSR count). The fourth-order valence-corrected chi connectivity index (χ4v) is 2.23. The standard InChI is InChI=1S/C11H20N2O5/c1-7(14)8-3-9(12-11(17)18-2)5-13(4-8)6-10(15)16/h7-9,14H,3-6H2,1-2H3,(H,12,17)(H,15,16). The highest BCUT2D eigenvalue weighted by Crippen LogP contribution is 2.20. The van der Waals surface area contributed by atoms with Crippen molar-refractivity contribution in [1.29, 1.82) is 0 Å². The first-order valence-corrected chi connectivity index (χ1v) is 5.89. The number of carboxylic acids is 1. The van der Waals surface area contributed by atoms with Gasteiger partial charge >= 0.3 is 12.1 Å². The second-order valence-electron chi connectivity index (χ2n) is 4.66. The van der Waals surface area contributed by atoms with Gasteiger partial charge in [-0.3, -0.25) is 9.69 Å². The topological polar surface area (TPSA) is 99.1 Å². The molecule has 1 amide bonds. The van der Waals surface area contributed by atoms with E-state index < -0.39 is 18.2 Å². The number of ether oxygens (including phenoxy) is 1. The number of likely N-dealkylation sites (tertiary alicyclic amines) is 1. The molecule has 0 aromatic rings. The van der Waals surface area contributed by atoms with Gasteiger partial charge in [0.05, 0.1) is 19.8 Å². The predicted octanol–water partition coefficient (Wildman–Crippen LogP) is -0.502. The maximum absolute atomic E-state index is 11.2. The molecule has 0 aliphatic carbocycles. The van der Waals surface area contributed by atoms with Gasteiger partial charge in [0.25, 0.3) is 0 Å². The van der Waals surface area contributed by atoms with Crippen molar-refractivity contribution in [3.63, 3.8) is 0 Å². The lowest BCUT2D eigenvalue weighted by Gasteiger charge is -2.38. The fourth-order valence-electron chi connectivity index (χ4n) is 2.23. The van der Waals surface area contributed by atoms with Crippen molar-refractivity contribution in [2.75, 3.05) is 26.7 Å². The number of carbonyl (C=O) groups excluding carboxylic acids is 1. The van der Waals surface area contributed by atoms with Crippen LogP contribution < -0.4 is 5.32 Å². The largest absolute Gasteiger partial charge is 0.480 e. The van der Waals surface area contributed by atoms with E-state index in [1.54, 1.807) is 11.8 Å². The van der Waals surface area contributed by atoms with Crippen molar-refractivity contribution in [3.8, 4) is 0 Å². The van der Waals surface area contributed by atoms with Gasteiger partial charge in [0.1, 0.15) is 0 Å². The molecule has 7 nitrogen and oxygen atoms in total. The second kappa shape index (κ2) is 6.55. The molecule has 0 aromatic carbocycles. The average Bonchev–Trinajstić information content (AvgIpc) is 2.27. The molecule has 18 heavy (non-hydrogen) atoms. The van der Waals surface area contributed by atoms with Gasteiger partial charge in [0, 0.05) is 19.1 Å². The highest BCUT2D eigenvalue weighted by molar-refractivity contribution is 5.69. The Kier molecular flexibility index (Phi) is 5.36. The number of methoxy groups -OCH3 is 1.